The van der Waals surface area contributed by atoms with Crippen molar-refractivity contribution in [3.05, 3.63) is 39.7 Å². The van der Waals surface area contributed by atoms with Gasteiger partial charge in [-0.2, -0.15) is 0 Å². The van der Waals surface area contributed by atoms with Crippen LogP contribution in [0.3, 0.4) is 0 Å². The average molecular weight is 217 g/mol. The number of carbonyl (C=O) groups is 1. The Morgan fingerprint density at radius 1 is 1.31 bits per heavy atom. The third-order valence-electron chi connectivity index (χ3n) is 2.38. The normalized spacial score (nSPS) is 10.6. The molecule has 0 aliphatic carbocycles. The van der Waals surface area contributed by atoms with Gasteiger partial charge >= 0.3 is 5.63 Å². The minimum absolute atomic E-state index is 0.0532. The molecule has 0 spiro atoms. The Morgan fingerprint density at radius 3 is 2.62 bits per heavy atom. The molecule has 2 rings (SSSR count). The molecule has 2 aromatic rings. The fourth-order valence-electron chi connectivity index (χ4n) is 1.66. The van der Waals surface area contributed by atoms with Gasteiger partial charge in [-0.05, 0) is 37.6 Å². The standard InChI is InChI=1S/C12H11NO3/c1-6-3-8-5-9(7(2)14)12(15)16-11(8)10(13)4-6/h3-5H,13H2,1-2H3. The second-order valence-electron chi connectivity index (χ2n) is 3.78. The predicted molar refractivity (Wildman–Crippen MR) is 61.6 cm³/mol. The summed E-state index contributed by atoms with van der Waals surface area (Å²) in [6.45, 7) is 3.21. The zero-order chi connectivity index (χ0) is 11.9. The van der Waals surface area contributed by atoms with Crippen LogP contribution in [0.25, 0.3) is 11.0 Å². The second kappa shape index (κ2) is 3.48. The molecule has 0 atom stereocenters. The number of benzene rings is 1. The first kappa shape index (κ1) is 10.4. The van der Waals surface area contributed by atoms with Crippen LogP contribution in [0.5, 0.6) is 0 Å². The summed E-state index contributed by atoms with van der Waals surface area (Å²) in [5.74, 6) is -0.310. The first-order valence-electron chi connectivity index (χ1n) is 4.84. The van der Waals surface area contributed by atoms with Crippen molar-refractivity contribution in [1.29, 1.82) is 0 Å². The van der Waals surface area contributed by atoms with Crippen molar-refractivity contribution in [2.75, 3.05) is 5.73 Å². The van der Waals surface area contributed by atoms with Gasteiger partial charge in [0.15, 0.2) is 11.4 Å². The summed E-state index contributed by atoms with van der Waals surface area (Å²) < 4.78 is 5.04. The summed E-state index contributed by atoms with van der Waals surface area (Å²) in [5, 5.41) is 0.669. The van der Waals surface area contributed by atoms with Gasteiger partial charge < -0.3 is 10.2 Å². The van der Waals surface area contributed by atoms with E-state index in [9.17, 15) is 9.59 Å². The van der Waals surface area contributed by atoms with Crippen molar-refractivity contribution in [3.8, 4) is 0 Å². The Balaban J connectivity index is 2.90. The number of aryl methyl sites for hydroxylation is 1. The molecule has 0 bridgehead atoms. The van der Waals surface area contributed by atoms with E-state index in [-0.39, 0.29) is 11.3 Å². The molecule has 1 aromatic carbocycles. The molecule has 4 nitrogen and oxygen atoms in total. The zero-order valence-electron chi connectivity index (χ0n) is 9.03. The smallest absolute Gasteiger partial charge is 0.347 e. The number of rotatable bonds is 1. The summed E-state index contributed by atoms with van der Waals surface area (Å²) in [6.07, 6.45) is 0. The predicted octanol–water partition coefficient (Wildman–Crippen LogP) is 1.89. The number of Topliss-reactive ketones (excluding diaryl/α,β-unsaturated/α-hetero) is 1. The molecule has 0 saturated carbocycles. The van der Waals surface area contributed by atoms with Crippen molar-refractivity contribution < 1.29 is 9.21 Å². The van der Waals surface area contributed by atoms with Crippen molar-refractivity contribution in [2.24, 2.45) is 0 Å². The molecule has 0 radical (unpaired) electrons. The number of ketones is 1. The number of hydrogen-bond donors (Lipinski definition) is 1. The summed E-state index contributed by atoms with van der Waals surface area (Å²) in [4.78, 5) is 22.7. The molecule has 0 aliphatic rings. The van der Waals surface area contributed by atoms with Crippen molar-refractivity contribution in [3.63, 3.8) is 0 Å². The van der Waals surface area contributed by atoms with E-state index in [2.05, 4.69) is 0 Å². The van der Waals surface area contributed by atoms with E-state index in [0.29, 0.717) is 16.7 Å². The van der Waals surface area contributed by atoms with Gasteiger partial charge in [-0.3, -0.25) is 4.79 Å². The van der Waals surface area contributed by atoms with Gasteiger partial charge in [0, 0.05) is 5.39 Å². The maximum atomic E-state index is 11.5. The van der Waals surface area contributed by atoms with Crippen molar-refractivity contribution >= 4 is 22.4 Å². The number of nitrogens with two attached hydrogens (primary N) is 1. The van der Waals surface area contributed by atoms with Crippen LogP contribution in [0.2, 0.25) is 0 Å². The number of anilines is 1. The van der Waals surface area contributed by atoms with Crippen LogP contribution in [0.4, 0.5) is 5.69 Å². The van der Waals surface area contributed by atoms with E-state index in [0.717, 1.165) is 5.56 Å². The molecule has 1 aromatic heterocycles. The highest BCUT2D eigenvalue weighted by Gasteiger charge is 2.11. The largest absolute Gasteiger partial charge is 0.420 e. The highest BCUT2D eigenvalue weighted by molar-refractivity contribution is 5.98. The SMILES string of the molecule is CC(=O)c1cc2cc(C)cc(N)c2oc1=O. The Bertz CT molecular complexity index is 640. The van der Waals surface area contributed by atoms with Gasteiger partial charge in [-0.25, -0.2) is 4.79 Å². The summed E-state index contributed by atoms with van der Waals surface area (Å²) in [6, 6.07) is 5.06. The van der Waals surface area contributed by atoms with Crippen LogP contribution in [0, 0.1) is 6.92 Å². The van der Waals surface area contributed by atoms with Crippen LogP contribution in [-0.4, -0.2) is 5.78 Å². The monoisotopic (exact) mass is 217 g/mol. The quantitative estimate of drug-likeness (QED) is 0.449. The average Bonchev–Trinajstić information content (AvgIpc) is 2.18. The van der Waals surface area contributed by atoms with E-state index in [4.69, 9.17) is 10.2 Å². The Hall–Kier alpha value is -2.10. The first-order valence-corrected chi connectivity index (χ1v) is 4.84. The van der Waals surface area contributed by atoms with Gasteiger partial charge in [-0.15, -0.1) is 0 Å². The maximum Gasteiger partial charge on any atom is 0.347 e. The fraction of sp³-hybridized carbons (Fsp3) is 0.167. The van der Waals surface area contributed by atoms with E-state index in [1.54, 1.807) is 6.07 Å². The lowest BCUT2D eigenvalue weighted by Crippen LogP contribution is -2.11. The van der Waals surface area contributed by atoms with Crippen molar-refractivity contribution in [1.82, 2.24) is 0 Å². The minimum atomic E-state index is -0.643. The molecule has 0 unspecified atom stereocenters. The van der Waals surface area contributed by atoms with E-state index in [1.165, 1.54) is 13.0 Å². The van der Waals surface area contributed by atoms with Gasteiger partial charge in [0.2, 0.25) is 0 Å². The van der Waals surface area contributed by atoms with Gasteiger partial charge in [0.1, 0.15) is 5.56 Å². The lowest BCUT2D eigenvalue weighted by Gasteiger charge is -2.03. The minimum Gasteiger partial charge on any atom is -0.420 e. The Morgan fingerprint density at radius 2 is 2.00 bits per heavy atom. The van der Waals surface area contributed by atoms with Crippen LogP contribution < -0.4 is 11.4 Å². The number of nitrogen functional groups attached to an aromatic ring is 1. The highest BCUT2D eigenvalue weighted by Crippen LogP contribution is 2.22. The summed E-state index contributed by atoms with van der Waals surface area (Å²) in [7, 11) is 0. The third kappa shape index (κ3) is 1.58. The molecular formula is C12H11NO3. The summed E-state index contributed by atoms with van der Waals surface area (Å²) >= 11 is 0. The lowest BCUT2D eigenvalue weighted by atomic mass is 10.1. The van der Waals surface area contributed by atoms with Crippen LogP contribution >= 0.6 is 0 Å². The zero-order valence-corrected chi connectivity index (χ0v) is 9.03. The van der Waals surface area contributed by atoms with Gasteiger partial charge in [0.05, 0.1) is 5.69 Å². The Kier molecular flexibility index (Phi) is 2.27. The van der Waals surface area contributed by atoms with Crippen LogP contribution in [-0.2, 0) is 0 Å². The van der Waals surface area contributed by atoms with Crippen LogP contribution in [0.15, 0.2) is 27.4 Å². The molecule has 0 amide bonds. The molecule has 0 aliphatic heterocycles. The van der Waals surface area contributed by atoms with E-state index in [1.807, 2.05) is 13.0 Å². The number of fused-ring (bicyclic) bond motifs is 1. The molecular weight excluding hydrogens is 206 g/mol. The lowest BCUT2D eigenvalue weighted by molar-refractivity contribution is 0.101. The molecule has 16 heavy (non-hydrogen) atoms. The fourth-order valence-corrected chi connectivity index (χ4v) is 1.66. The van der Waals surface area contributed by atoms with Gasteiger partial charge in [0.25, 0.3) is 0 Å². The highest BCUT2D eigenvalue weighted by atomic mass is 16.4. The van der Waals surface area contributed by atoms with E-state index >= 15 is 0 Å². The second-order valence-corrected chi connectivity index (χ2v) is 3.78. The molecule has 2 N–H and O–H groups in total. The number of carbonyl (C=O) groups excluding carboxylic acids is 1. The molecule has 1 heterocycles. The van der Waals surface area contributed by atoms with Crippen molar-refractivity contribution in [2.45, 2.75) is 13.8 Å². The maximum absolute atomic E-state index is 11.5. The Labute approximate surface area is 91.7 Å². The third-order valence-corrected chi connectivity index (χ3v) is 2.38. The molecule has 82 valence electrons. The van der Waals surface area contributed by atoms with E-state index < -0.39 is 5.63 Å². The molecule has 0 fully saturated rings. The first-order chi connectivity index (χ1) is 7.49. The molecule has 4 heteroatoms. The molecule has 0 saturated heterocycles. The van der Waals surface area contributed by atoms with Gasteiger partial charge in [-0.1, -0.05) is 0 Å². The summed E-state index contributed by atoms with van der Waals surface area (Å²) in [5.41, 5.74) is 6.84. The number of hydrogen-bond acceptors (Lipinski definition) is 4. The topological polar surface area (TPSA) is 73.3 Å². The van der Waals surface area contributed by atoms with Crippen LogP contribution in [0.1, 0.15) is 22.8 Å².